The van der Waals surface area contributed by atoms with Crippen LogP contribution in [0.15, 0.2) is 48.8 Å². The molecule has 0 unspecified atom stereocenters. The zero-order chi connectivity index (χ0) is 34.7. The van der Waals surface area contributed by atoms with Crippen molar-refractivity contribution in [3.8, 4) is 16.9 Å². The number of amides is 2. The van der Waals surface area contributed by atoms with E-state index in [4.69, 9.17) is 25.8 Å². The number of nitrogens with zero attached hydrogens (tertiary/aromatic N) is 4. The zero-order valence-corrected chi connectivity index (χ0v) is 28.1. The van der Waals surface area contributed by atoms with Crippen LogP contribution in [0.4, 0.5) is 34.4 Å². The second kappa shape index (κ2) is 13.9. The SMILES string of the molecule is C[C@@H](Oc1cc(-c2ccc(N3CCNCC3)nc2)cnc1N(C(=O)OC(C)(C)C)C(=O)OC(C)(C)C)c1cc(Cl)ccc1C(F)(F)F. The minimum absolute atomic E-state index is 0.0651. The zero-order valence-electron chi connectivity index (χ0n) is 27.4. The van der Waals surface area contributed by atoms with E-state index < -0.39 is 41.2 Å². The van der Waals surface area contributed by atoms with E-state index >= 15 is 0 Å². The monoisotopic (exact) mass is 677 g/mol. The molecule has 1 aliphatic heterocycles. The van der Waals surface area contributed by atoms with Gasteiger partial charge in [-0.3, -0.25) is 0 Å². The van der Waals surface area contributed by atoms with Crippen LogP contribution in [0.25, 0.3) is 11.1 Å². The number of halogens is 4. The molecule has 4 rings (SSSR count). The summed E-state index contributed by atoms with van der Waals surface area (Å²) in [5, 5.41) is 3.36. The fourth-order valence-corrected chi connectivity index (χ4v) is 4.91. The molecule has 3 heterocycles. The Hall–Kier alpha value is -4.10. The van der Waals surface area contributed by atoms with Gasteiger partial charge in [0.25, 0.3) is 0 Å². The number of ether oxygens (including phenoxy) is 3. The summed E-state index contributed by atoms with van der Waals surface area (Å²) >= 11 is 6.10. The highest BCUT2D eigenvalue weighted by Gasteiger charge is 2.38. The van der Waals surface area contributed by atoms with E-state index in [1.165, 1.54) is 19.2 Å². The van der Waals surface area contributed by atoms with Crippen LogP contribution in [0.3, 0.4) is 0 Å². The molecule has 0 aliphatic carbocycles. The van der Waals surface area contributed by atoms with Crippen molar-refractivity contribution >= 4 is 35.4 Å². The predicted octanol–water partition coefficient (Wildman–Crippen LogP) is 8.04. The topological polar surface area (TPSA) is 106 Å². The predicted molar refractivity (Wildman–Crippen MR) is 173 cm³/mol. The number of imide groups is 1. The Morgan fingerprint density at radius 3 is 2.02 bits per heavy atom. The van der Waals surface area contributed by atoms with Gasteiger partial charge in [0.05, 0.1) is 5.56 Å². The van der Waals surface area contributed by atoms with Crippen molar-refractivity contribution in [2.75, 3.05) is 36.0 Å². The molecule has 10 nitrogen and oxygen atoms in total. The van der Waals surface area contributed by atoms with Crippen LogP contribution < -0.4 is 19.9 Å². The third-order valence-corrected chi connectivity index (χ3v) is 7.01. The molecule has 1 fully saturated rings. The quantitative estimate of drug-likeness (QED) is 0.277. The van der Waals surface area contributed by atoms with E-state index in [2.05, 4.69) is 20.2 Å². The number of carbonyl (C=O) groups is 2. The van der Waals surface area contributed by atoms with Crippen molar-refractivity contribution in [1.29, 1.82) is 0 Å². The summed E-state index contributed by atoms with van der Waals surface area (Å²) in [6.45, 7) is 14.3. The summed E-state index contributed by atoms with van der Waals surface area (Å²) < 4.78 is 59.2. The van der Waals surface area contributed by atoms with Gasteiger partial charge in [-0.15, -0.1) is 0 Å². The maximum atomic E-state index is 14.0. The third-order valence-electron chi connectivity index (χ3n) is 6.78. The summed E-state index contributed by atoms with van der Waals surface area (Å²) in [6.07, 6.45) is -5.18. The van der Waals surface area contributed by atoms with Gasteiger partial charge in [0, 0.05) is 60.3 Å². The molecule has 2 aromatic heterocycles. The van der Waals surface area contributed by atoms with E-state index in [0.717, 1.165) is 50.2 Å². The number of alkyl halides is 3. The number of carbonyl (C=O) groups excluding carboxylic acids is 2. The fourth-order valence-electron chi connectivity index (χ4n) is 4.73. The number of nitrogens with one attached hydrogen (secondary N) is 1. The number of hydrogen-bond donors (Lipinski definition) is 1. The van der Waals surface area contributed by atoms with Gasteiger partial charge >= 0.3 is 18.4 Å². The summed E-state index contributed by atoms with van der Waals surface area (Å²) in [7, 11) is 0. The second-order valence-corrected chi connectivity index (χ2v) is 13.4. The maximum absolute atomic E-state index is 14.0. The molecule has 47 heavy (non-hydrogen) atoms. The van der Waals surface area contributed by atoms with Crippen molar-refractivity contribution in [3.05, 3.63) is 64.9 Å². The van der Waals surface area contributed by atoms with Crippen LogP contribution in [-0.4, -0.2) is 59.5 Å². The number of anilines is 2. The van der Waals surface area contributed by atoms with Crippen molar-refractivity contribution < 1.29 is 37.0 Å². The largest absolute Gasteiger partial charge is 0.482 e. The Morgan fingerprint density at radius 2 is 1.49 bits per heavy atom. The fraction of sp³-hybridized carbons (Fsp3) is 0.455. The number of pyridine rings is 2. The van der Waals surface area contributed by atoms with Gasteiger partial charge in [0.1, 0.15) is 23.1 Å². The van der Waals surface area contributed by atoms with E-state index in [1.807, 2.05) is 12.1 Å². The van der Waals surface area contributed by atoms with Crippen LogP contribution in [0.5, 0.6) is 5.75 Å². The summed E-state index contributed by atoms with van der Waals surface area (Å²) in [6, 6.07) is 8.31. The Kier molecular flexibility index (Phi) is 10.6. The van der Waals surface area contributed by atoms with E-state index in [9.17, 15) is 22.8 Å². The van der Waals surface area contributed by atoms with Crippen molar-refractivity contribution in [2.24, 2.45) is 0 Å². The van der Waals surface area contributed by atoms with Crippen LogP contribution >= 0.6 is 11.6 Å². The molecular formula is C33H39ClF3N5O5. The molecular weight excluding hydrogens is 639 g/mol. The van der Waals surface area contributed by atoms with E-state index in [1.54, 1.807) is 47.7 Å². The smallest absolute Gasteiger partial charge is 0.425 e. The Balaban J connectivity index is 1.83. The summed E-state index contributed by atoms with van der Waals surface area (Å²) in [5.74, 6) is 0.252. The third kappa shape index (κ3) is 9.48. The molecule has 254 valence electrons. The van der Waals surface area contributed by atoms with Crippen LogP contribution in [0, 0.1) is 0 Å². The molecule has 1 aromatic carbocycles. The molecule has 2 amide bonds. The van der Waals surface area contributed by atoms with Crippen LogP contribution in [-0.2, 0) is 15.7 Å². The molecule has 0 bridgehead atoms. The molecule has 1 atom stereocenters. The molecule has 0 spiro atoms. The van der Waals surface area contributed by atoms with Crippen molar-refractivity contribution in [2.45, 2.75) is 71.9 Å². The Bertz CT molecular complexity index is 1560. The normalized spacial score (nSPS) is 14.7. The molecule has 0 saturated carbocycles. The molecule has 1 N–H and O–H groups in total. The average molecular weight is 678 g/mol. The van der Waals surface area contributed by atoms with Gasteiger partial charge in [-0.05, 0) is 84.9 Å². The number of piperazine rings is 1. The first kappa shape index (κ1) is 35.7. The van der Waals surface area contributed by atoms with Gasteiger partial charge in [0.15, 0.2) is 11.6 Å². The highest BCUT2D eigenvalue weighted by Crippen LogP contribution is 2.40. The standard InChI is InChI=1S/C33H39ClF3N5O5/c1-20(24-17-23(34)9-10-25(24)33(35,36)37)45-26-16-22(21-8-11-27(39-18-21)41-14-12-38-13-15-41)19-40-28(26)42(29(43)46-31(2,3)4)30(44)47-32(5,6)7/h8-11,16-20,38H,12-15H2,1-7H3/t20-/m1/s1. The lowest BCUT2D eigenvalue weighted by molar-refractivity contribution is -0.138. The van der Waals surface area contributed by atoms with Gasteiger partial charge in [-0.1, -0.05) is 11.6 Å². The summed E-state index contributed by atoms with van der Waals surface area (Å²) in [4.78, 5) is 38.7. The number of rotatable bonds is 6. The first-order valence-corrected chi connectivity index (χ1v) is 15.4. The highest BCUT2D eigenvalue weighted by molar-refractivity contribution is 6.30. The Labute approximate surface area is 277 Å². The molecule has 1 saturated heterocycles. The molecule has 0 radical (unpaired) electrons. The van der Waals surface area contributed by atoms with Gasteiger partial charge in [-0.2, -0.15) is 18.1 Å². The lowest BCUT2D eigenvalue weighted by Gasteiger charge is -2.29. The maximum Gasteiger partial charge on any atom is 0.425 e. The lowest BCUT2D eigenvalue weighted by Crippen LogP contribution is -2.44. The average Bonchev–Trinajstić information content (AvgIpc) is 2.96. The van der Waals surface area contributed by atoms with Crippen molar-refractivity contribution in [3.63, 3.8) is 0 Å². The first-order valence-electron chi connectivity index (χ1n) is 15.0. The molecule has 3 aromatic rings. The summed E-state index contributed by atoms with van der Waals surface area (Å²) in [5.41, 5.74) is -2.18. The first-order chi connectivity index (χ1) is 21.8. The van der Waals surface area contributed by atoms with Gasteiger partial charge in [0.2, 0.25) is 0 Å². The highest BCUT2D eigenvalue weighted by atomic mass is 35.5. The minimum Gasteiger partial charge on any atom is -0.482 e. The molecule has 14 heteroatoms. The van der Waals surface area contributed by atoms with E-state index in [0.29, 0.717) is 16.0 Å². The lowest BCUT2D eigenvalue weighted by atomic mass is 10.0. The second-order valence-electron chi connectivity index (χ2n) is 13.0. The van der Waals surface area contributed by atoms with Gasteiger partial charge in [-0.25, -0.2) is 19.6 Å². The number of hydrogen-bond acceptors (Lipinski definition) is 9. The van der Waals surface area contributed by atoms with E-state index in [-0.39, 0.29) is 22.2 Å². The van der Waals surface area contributed by atoms with Crippen LogP contribution in [0.2, 0.25) is 5.02 Å². The van der Waals surface area contributed by atoms with Crippen LogP contribution in [0.1, 0.15) is 65.7 Å². The Morgan fingerprint density at radius 1 is 0.894 bits per heavy atom. The van der Waals surface area contributed by atoms with Crippen molar-refractivity contribution in [1.82, 2.24) is 15.3 Å². The molecule has 1 aliphatic rings. The minimum atomic E-state index is -4.71. The van der Waals surface area contributed by atoms with Gasteiger partial charge < -0.3 is 24.4 Å². The number of benzene rings is 1. The number of aromatic nitrogens is 2.